The minimum Gasteiger partial charge on any atom is -0.465 e. The predicted octanol–water partition coefficient (Wildman–Crippen LogP) is 4.77. The van der Waals surface area contributed by atoms with E-state index in [-0.39, 0.29) is 18.1 Å². The molecule has 0 heterocycles. The lowest BCUT2D eigenvalue weighted by atomic mass is 9.98. The second-order valence-corrected chi connectivity index (χ2v) is 7.15. The lowest BCUT2D eigenvalue weighted by molar-refractivity contribution is 0.0600. The molecule has 5 heteroatoms. The first kappa shape index (κ1) is 21.0. The SMILES string of the molecule is COC(=O)c1ccc(NC(=O)c2ccc(C)cc2)c(CC(=O)c2ccc(C)cc2)c1. The van der Waals surface area contributed by atoms with E-state index in [0.29, 0.717) is 27.9 Å². The highest BCUT2D eigenvalue weighted by molar-refractivity contribution is 6.06. The molecule has 0 bridgehead atoms. The van der Waals surface area contributed by atoms with Crippen LogP contribution in [0.1, 0.15) is 47.8 Å². The molecule has 0 aliphatic carbocycles. The standard InChI is InChI=1S/C25H23NO4/c1-16-4-8-18(9-5-16)23(27)15-21-14-20(25(29)30-3)12-13-22(21)26-24(28)19-10-6-17(2)7-11-19/h4-14H,15H2,1-3H3,(H,26,28). The molecule has 5 nitrogen and oxygen atoms in total. The molecule has 30 heavy (non-hydrogen) atoms. The molecule has 1 amide bonds. The fourth-order valence-electron chi connectivity index (χ4n) is 3.02. The number of anilines is 1. The molecule has 0 atom stereocenters. The van der Waals surface area contributed by atoms with Gasteiger partial charge in [0.05, 0.1) is 12.7 Å². The molecule has 0 saturated heterocycles. The van der Waals surface area contributed by atoms with Crippen molar-refractivity contribution in [1.29, 1.82) is 0 Å². The van der Waals surface area contributed by atoms with Crippen molar-refractivity contribution < 1.29 is 19.1 Å². The normalized spacial score (nSPS) is 10.4. The van der Waals surface area contributed by atoms with Gasteiger partial charge < -0.3 is 10.1 Å². The molecule has 152 valence electrons. The van der Waals surface area contributed by atoms with Gasteiger partial charge in [0.25, 0.3) is 5.91 Å². The summed E-state index contributed by atoms with van der Waals surface area (Å²) in [6.45, 7) is 3.90. The van der Waals surface area contributed by atoms with Crippen LogP contribution in [0.15, 0.2) is 66.7 Å². The first-order valence-electron chi connectivity index (χ1n) is 9.56. The van der Waals surface area contributed by atoms with Crippen molar-refractivity contribution >= 4 is 23.3 Å². The van der Waals surface area contributed by atoms with E-state index in [4.69, 9.17) is 4.74 Å². The Bertz CT molecular complexity index is 1080. The first-order valence-corrected chi connectivity index (χ1v) is 9.56. The zero-order valence-corrected chi connectivity index (χ0v) is 17.2. The van der Waals surface area contributed by atoms with Crippen molar-refractivity contribution in [2.45, 2.75) is 20.3 Å². The van der Waals surface area contributed by atoms with Gasteiger partial charge in [-0.3, -0.25) is 9.59 Å². The van der Waals surface area contributed by atoms with E-state index in [1.54, 1.807) is 42.5 Å². The quantitative estimate of drug-likeness (QED) is 0.477. The molecule has 0 aliphatic rings. The number of hydrogen-bond donors (Lipinski definition) is 1. The molecule has 0 saturated carbocycles. The molecule has 0 fully saturated rings. The summed E-state index contributed by atoms with van der Waals surface area (Å²) in [5.41, 5.74) is 4.53. The number of rotatable bonds is 6. The second-order valence-electron chi connectivity index (χ2n) is 7.15. The zero-order valence-electron chi connectivity index (χ0n) is 17.2. The second kappa shape index (κ2) is 9.18. The maximum atomic E-state index is 12.8. The van der Waals surface area contributed by atoms with E-state index in [1.807, 2.05) is 38.1 Å². The molecule has 1 N–H and O–H groups in total. The van der Waals surface area contributed by atoms with Crippen molar-refractivity contribution in [3.05, 3.63) is 100 Å². The molecule has 0 spiro atoms. The Morgan fingerprint density at radius 1 is 0.767 bits per heavy atom. The maximum Gasteiger partial charge on any atom is 0.337 e. The van der Waals surface area contributed by atoms with E-state index in [2.05, 4.69) is 5.32 Å². The van der Waals surface area contributed by atoms with Gasteiger partial charge in [0.2, 0.25) is 0 Å². The van der Waals surface area contributed by atoms with Crippen molar-refractivity contribution in [2.75, 3.05) is 12.4 Å². The largest absolute Gasteiger partial charge is 0.465 e. The Kier molecular flexibility index (Phi) is 6.42. The highest BCUT2D eigenvalue weighted by Gasteiger charge is 2.16. The molecule has 3 rings (SSSR count). The summed E-state index contributed by atoms with van der Waals surface area (Å²) in [5.74, 6) is -0.900. The molecule has 0 aliphatic heterocycles. The van der Waals surface area contributed by atoms with Gasteiger partial charge in [-0.05, 0) is 49.7 Å². The summed E-state index contributed by atoms with van der Waals surface area (Å²) in [7, 11) is 1.30. The number of aryl methyl sites for hydroxylation is 2. The van der Waals surface area contributed by atoms with Crippen LogP contribution >= 0.6 is 0 Å². The van der Waals surface area contributed by atoms with Crippen LogP contribution < -0.4 is 5.32 Å². The van der Waals surface area contributed by atoms with Crippen molar-refractivity contribution in [3.63, 3.8) is 0 Å². The predicted molar refractivity (Wildman–Crippen MR) is 116 cm³/mol. The van der Waals surface area contributed by atoms with Gasteiger partial charge in [0, 0.05) is 23.2 Å². The number of amides is 1. The van der Waals surface area contributed by atoms with Crippen molar-refractivity contribution in [1.82, 2.24) is 0 Å². The number of carbonyl (C=O) groups is 3. The average Bonchev–Trinajstić information content (AvgIpc) is 2.75. The highest BCUT2D eigenvalue weighted by atomic mass is 16.5. The smallest absolute Gasteiger partial charge is 0.337 e. The number of Topliss-reactive ketones (excluding diaryl/α,β-unsaturated/α-hetero) is 1. The number of ether oxygens (including phenoxy) is 1. The number of benzene rings is 3. The number of methoxy groups -OCH3 is 1. The number of hydrogen-bond acceptors (Lipinski definition) is 4. The minimum absolute atomic E-state index is 0.0391. The topological polar surface area (TPSA) is 72.5 Å². The zero-order chi connectivity index (χ0) is 21.7. The van der Waals surface area contributed by atoms with Gasteiger partial charge in [-0.1, -0.05) is 47.5 Å². The highest BCUT2D eigenvalue weighted by Crippen LogP contribution is 2.22. The third kappa shape index (κ3) is 5.00. The maximum absolute atomic E-state index is 12.8. The minimum atomic E-state index is -0.504. The molecule has 0 radical (unpaired) electrons. The van der Waals surface area contributed by atoms with Gasteiger partial charge in [-0.25, -0.2) is 4.79 Å². The Balaban J connectivity index is 1.90. The van der Waals surface area contributed by atoms with Crippen LogP contribution in [0.4, 0.5) is 5.69 Å². The summed E-state index contributed by atoms with van der Waals surface area (Å²) in [4.78, 5) is 37.4. The van der Waals surface area contributed by atoms with Gasteiger partial charge >= 0.3 is 5.97 Å². The fourth-order valence-corrected chi connectivity index (χ4v) is 3.02. The van der Waals surface area contributed by atoms with Gasteiger partial charge in [-0.2, -0.15) is 0 Å². The van der Waals surface area contributed by atoms with E-state index < -0.39 is 5.97 Å². The van der Waals surface area contributed by atoms with Crippen LogP contribution in [-0.4, -0.2) is 24.8 Å². The van der Waals surface area contributed by atoms with Crippen molar-refractivity contribution in [3.8, 4) is 0 Å². The molecule has 0 unspecified atom stereocenters. The summed E-state index contributed by atoms with van der Waals surface area (Å²) in [6, 6.07) is 19.3. The van der Waals surface area contributed by atoms with Crippen LogP contribution in [-0.2, 0) is 11.2 Å². The number of esters is 1. The monoisotopic (exact) mass is 401 g/mol. The van der Waals surface area contributed by atoms with E-state index >= 15 is 0 Å². The number of nitrogens with one attached hydrogen (secondary N) is 1. The third-order valence-electron chi connectivity index (χ3n) is 4.81. The van der Waals surface area contributed by atoms with Crippen LogP contribution in [0.5, 0.6) is 0 Å². The molecule has 3 aromatic carbocycles. The summed E-state index contributed by atoms with van der Waals surface area (Å²) >= 11 is 0. The third-order valence-corrected chi connectivity index (χ3v) is 4.81. The summed E-state index contributed by atoms with van der Waals surface area (Å²) < 4.78 is 4.78. The van der Waals surface area contributed by atoms with E-state index in [0.717, 1.165) is 11.1 Å². The van der Waals surface area contributed by atoms with E-state index in [1.165, 1.54) is 7.11 Å². The summed E-state index contributed by atoms with van der Waals surface area (Å²) in [5, 5.41) is 2.85. The summed E-state index contributed by atoms with van der Waals surface area (Å²) in [6.07, 6.45) is 0.0391. The number of carbonyl (C=O) groups excluding carboxylic acids is 3. The lowest BCUT2D eigenvalue weighted by Gasteiger charge is -2.13. The first-order chi connectivity index (χ1) is 14.4. The van der Waals surface area contributed by atoms with Crippen LogP contribution in [0.25, 0.3) is 0 Å². The van der Waals surface area contributed by atoms with Crippen LogP contribution in [0.3, 0.4) is 0 Å². The molecular formula is C25H23NO4. The Labute approximate surface area is 175 Å². The Morgan fingerprint density at radius 3 is 1.87 bits per heavy atom. The van der Waals surface area contributed by atoms with Gasteiger partial charge in [0.15, 0.2) is 5.78 Å². The molecule has 3 aromatic rings. The van der Waals surface area contributed by atoms with E-state index in [9.17, 15) is 14.4 Å². The van der Waals surface area contributed by atoms with Crippen LogP contribution in [0.2, 0.25) is 0 Å². The lowest BCUT2D eigenvalue weighted by Crippen LogP contribution is -2.15. The van der Waals surface area contributed by atoms with Gasteiger partial charge in [0.1, 0.15) is 0 Å². The Hall–Kier alpha value is -3.73. The number of ketones is 1. The average molecular weight is 401 g/mol. The van der Waals surface area contributed by atoms with Gasteiger partial charge in [-0.15, -0.1) is 0 Å². The van der Waals surface area contributed by atoms with Crippen molar-refractivity contribution in [2.24, 2.45) is 0 Å². The fraction of sp³-hybridized carbons (Fsp3) is 0.160. The van der Waals surface area contributed by atoms with Crippen LogP contribution in [0, 0.1) is 13.8 Å². The Morgan fingerprint density at radius 2 is 1.30 bits per heavy atom. The molecular weight excluding hydrogens is 378 g/mol. The molecule has 0 aromatic heterocycles.